The van der Waals surface area contributed by atoms with E-state index in [1.165, 1.54) is 0 Å². The first-order valence-electron chi connectivity index (χ1n) is 13.1. The quantitative estimate of drug-likeness (QED) is 0.291. The molecule has 10 heteroatoms. The van der Waals surface area contributed by atoms with Gasteiger partial charge in [0.05, 0.1) is 0 Å². The summed E-state index contributed by atoms with van der Waals surface area (Å²) in [4.78, 5) is 51.0. The van der Waals surface area contributed by atoms with E-state index >= 15 is 0 Å². The number of rotatable bonds is 11. The average molecular weight is 557 g/mol. The normalized spacial score (nSPS) is 12.8. The highest BCUT2D eigenvalue weighted by Crippen LogP contribution is 2.13. The Hall–Kier alpha value is -4.08. The van der Waals surface area contributed by atoms with Crippen molar-refractivity contribution in [1.82, 2.24) is 10.6 Å². The van der Waals surface area contributed by atoms with Gasteiger partial charge in [-0.15, -0.1) is 0 Å². The van der Waals surface area contributed by atoms with Crippen molar-refractivity contribution in [1.29, 1.82) is 0 Å². The summed E-state index contributed by atoms with van der Waals surface area (Å²) in [5, 5.41) is 5.04. The molecule has 0 saturated heterocycles. The van der Waals surface area contributed by atoms with Gasteiger partial charge in [0.15, 0.2) is 0 Å². The van der Waals surface area contributed by atoms with Gasteiger partial charge in [0.1, 0.15) is 36.5 Å². The zero-order chi connectivity index (χ0) is 29.8. The number of benzene rings is 2. The first-order valence-corrected chi connectivity index (χ1v) is 13.1. The van der Waals surface area contributed by atoms with Crippen LogP contribution >= 0.6 is 0 Å². The first-order chi connectivity index (χ1) is 18.7. The predicted octanol–water partition coefficient (Wildman–Crippen LogP) is 5.04. The molecule has 0 radical (unpaired) electrons. The van der Waals surface area contributed by atoms with Crippen molar-refractivity contribution in [2.75, 3.05) is 0 Å². The Morgan fingerprint density at radius 2 is 0.925 bits per heavy atom. The molecule has 218 valence electrons. The van der Waals surface area contributed by atoms with Crippen LogP contribution in [-0.2, 0) is 41.8 Å². The van der Waals surface area contributed by atoms with Gasteiger partial charge >= 0.3 is 24.1 Å². The number of carbonyl (C=O) groups is 4. The summed E-state index contributed by atoms with van der Waals surface area (Å²) in [6.07, 6.45) is -1.77. The monoisotopic (exact) mass is 556 g/mol. The fourth-order valence-corrected chi connectivity index (χ4v) is 3.39. The van der Waals surface area contributed by atoms with Crippen LogP contribution in [0.1, 0.15) is 65.5 Å². The molecule has 2 aromatic rings. The highest BCUT2D eigenvalue weighted by Gasteiger charge is 2.31. The second-order valence-corrected chi connectivity index (χ2v) is 11.2. The van der Waals surface area contributed by atoms with E-state index in [1.54, 1.807) is 65.8 Å². The fourth-order valence-electron chi connectivity index (χ4n) is 3.39. The molecular formula is C30H40N2O8. The van der Waals surface area contributed by atoms with E-state index in [-0.39, 0.29) is 26.1 Å². The number of ether oxygens (including phenoxy) is 4. The molecule has 2 N–H and O–H groups in total. The summed E-state index contributed by atoms with van der Waals surface area (Å²) in [5.74, 6) is -1.44. The zero-order valence-corrected chi connectivity index (χ0v) is 24.0. The maximum absolute atomic E-state index is 13.0. The van der Waals surface area contributed by atoms with Gasteiger partial charge in [0.25, 0.3) is 0 Å². The molecule has 0 heterocycles. The largest absolute Gasteiger partial charge is 0.459 e. The molecular weight excluding hydrogens is 516 g/mol. The van der Waals surface area contributed by atoms with Crippen molar-refractivity contribution >= 4 is 24.1 Å². The third-order valence-corrected chi connectivity index (χ3v) is 5.14. The molecule has 0 saturated carbocycles. The zero-order valence-electron chi connectivity index (χ0n) is 24.0. The summed E-state index contributed by atoms with van der Waals surface area (Å²) in [7, 11) is 0. The van der Waals surface area contributed by atoms with Crippen molar-refractivity contribution in [3.63, 3.8) is 0 Å². The number of alkyl carbamates (subject to hydrolysis) is 2. The minimum atomic E-state index is -1.16. The highest BCUT2D eigenvalue weighted by atomic mass is 16.6. The number of carbonyl (C=O) groups excluding carboxylic acids is 4. The molecule has 0 aliphatic carbocycles. The van der Waals surface area contributed by atoms with Crippen molar-refractivity contribution in [2.45, 2.75) is 90.9 Å². The van der Waals surface area contributed by atoms with E-state index < -0.39 is 47.4 Å². The Labute approximate surface area is 235 Å². The van der Waals surface area contributed by atoms with Crippen molar-refractivity contribution in [2.24, 2.45) is 0 Å². The second-order valence-electron chi connectivity index (χ2n) is 11.2. The molecule has 2 atom stereocenters. The molecule has 0 spiro atoms. The van der Waals surface area contributed by atoms with Crippen LogP contribution in [0.5, 0.6) is 0 Å². The molecule has 0 bridgehead atoms. The maximum Gasteiger partial charge on any atom is 0.408 e. The lowest BCUT2D eigenvalue weighted by Gasteiger charge is -2.25. The lowest BCUT2D eigenvalue weighted by molar-refractivity contribution is -0.150. The van der Waals surface area contributed by atoms with E-state index in [0.29, 0.717) is 0 Å². The molecule has 2 rings (SSSR count). The van der Waals surface area contributed by atoms with Gasteiger partial charge < -0.3 is 29.6 Å². The van der Waals surface area contributed by atoms with E-state index in [2.05, 4.69) is 10.6 Å². The standard InChI is InChI=1S/C30H40N2O8/c1-29(2,3)39-27(35)31-23(25(33)37-19-21-13-9-7-10-14-21)17-18-24(32-28(36)40-30(4,5)6)26(34)38-20-22-15-11-8-12-16-22/h7-16,23-24H,17-20H2,1-6H3,(H,31,35)(H,32,36)/t23-,24-/m0/s1. The van der Waals surface area contributed by atoms with Crippen molar-refractivity contribution < 1.29 is 38.1 Å². The molecule has 0 unspecified atom stereocenters. The van der Waals surface area contributed by atoms with Gasteiger partial charge in [-0.1, -0.05) is 60.7 Å². The van der Waals surface area contributed by atoms with Gasteiger partial charge in [0.2, 0.25) is 0 Å². The molecule has 0 fully saturated rings. The van der Waals surface area contributed by atoms with Crippen LogP contribution in [0, 0.1) is 0 Å². The molecule has 2 aromatic carbocycles. The topological polar surface area (TPSA) is 129 Å². The minimum absolute atomic E-state index is 0.00905. The summed E-state index contributed by atoms with van der Waals surface area (Å²) in [6, 6.07) is 15.8. The van der Waals surface area contributed by atoms with Gasteiger partial charge in [0, 0.05) is 0 Å². The van der Waals surface area contributed by atoms with Crippen LogP contribution in [0.25, 0.3) is 0 Å². The molecule has 10 nitrogen and oxygen atoms in total. The third-order valence-electron chi connectivity index (χ3n) is 5.14. The predicted molar refractivity (Wildman–Crippen MR) is 148 cm³/mol. The summed E-state index contributed by atoms with van der Waals surface area (Å²) < 4.78 is 21.5. The van der Waals surface area contributed by atoms with Gasteiger partial charge in [-0.2, -0.15) is 0 Å². The Bertz CT molecular complexity index is 1020. The van der Waals surface area contributed by atoms with Crippen LogP contribution in [-0.4, -0.2) is 47.4 Å². The van der Waals surface area contributed by atoms with Crippen LogP contribution in [0.3, 0.4) is 0 Å². The average Bonchev–Trinajstić information content (AvgIpc) is 2.86. The minimum Gasteiger partial charge on any atom is -0.459 e. The summed E-state index contributed by atoms with van der Waals surface area (Å²) >= 11 is 0. The Kier molecular flexibility index (Phi) is 12.0. The highest BCUT2D eigenvalue weighted by molar-refractivity contribution is 5.83. The van der Waals surface area contributed by atoms with Gasteiger partial charge in [-0.3, -0.25) is 0 Å². The SMILES string of the molecule is CC(C)(C)OC(=O)N[C@@H](CC[C@H](NC(=O)OC(C)(C)C)C(=O)OCc1ccccc1)C(=O)OCc1ccccc1. The van der Waals surface area contributed by atoms with Gasteiger partial charge in [-0.05, 0) is 65.5 Å². The smallest absolute Gasteiger partial charge is 0.408 e. The first kappa shape index (κ1) is 32.1. The number of hydrogen-bond donors (Lipinski definition) is 2. The number of nitrogens with one attached hydrogen (secondary N) is 2. The van der Waals surface area contributed by atoms with Crippen LogP contribution in [0.4, 0.5) is 9.59 Å². The van der Waals surface area contributed by atoms with E-state index in [4.69, 9.17) is 18.9 Å². The molecule has 0 aromatic heterocycles. The fraction of sp³-hybridized carbons (Fsp3) is 0.467. The van der Waals surface area contributed by atoms with E-state index in [0.717, 1.165) is 11.1 Å². The summed E-state index contributed by atoms with van der Waals surface area (Å²) in [5.41, 5.74) is -0.0726. The molecule has 0 aliphatic rings. The van der Waals surface area contributed by atoms with Gasteiger partial charge in [-0.25, -0.2) is 19.2 Å². The summed E-state index contributed by atoms with van der Waals surface area (Å²) in [6.45, 7) is 10.1. The lowest BCUT2D eigenvalue weighted by atomic mass is 10.1. The Balaban J connectivity index is 2.15. The number of esters is 2. The number of hydrogen-bond acceptors (Lipinski definition) is 8. The lowest BCUT2D eigenvalue weighted by Crippen LogP contribution is -2.47. The van der Waals surface area contributed by atoms with Crippen LogP contribution in [0.2, 0.25) is 0 Å². The molecule has 0 aliphatic heterocycles. The second kappa shape index (κ2) is 14.9. The van der Waals surface area contributed by atoms with Crippen molar-refractivity contribution in [3.8, 4) is 0 Å². The Morgan fingerprint density at radius 1 is 0.600 bits per heavy atom. The Morgan fingerprint density at radius 3 is 1.23 bits per heavy atom. The number of amides is 2. The maximum atomic E-state index is 13.0. The molecule has 40 heavy (non-hydrogen) atoms. The van der Waals surface area contributed by atoms with E-state index in [1.807, 2.05) is 36.4 Å². The van der Waals surface area contributed by atoms with Crippen LogP contribution in [0.15, 0.2) is 60.7 Å². The van der Waals surface area contributed by atoms with Crippen LogP contribution < -0.4 is 10.6 Å². The third kappa shape index (κ3) is 13.1. The molecule has 2 amide bonds. The van der Waals surface area contributed by atoms with Crippen molar-refractivity contribution in [3.05, 3.63) is 71.8 Å². The van der Waals surface area contributed by atoms with E-state index in [9.17, 15) is 19.2 Å².